The average molecular weight is 459 g/mol. The van der Waals surface area contributed by atoms with Crippen molar-refractivity contribution >= 4 is 18.7 Å². The minimum Gasteiger partial charge on any atom is -0.406 e. The summed E-state index contributed by atoms with van der Waals surface area (Å²) in [5, 5.41) is 2.67. The van der Waals surface area contributed by atoms with Gasteiger partial charge < -0.3 is 10.2 Å². The number of hydrogen-bond acceptors (Lipinski definition) is 3. The third-order valence-electron chi connectivity index (χ3n) is 7.09. The van der Waals surface area contributed by atoms with E-state index in [0.29, 0.717) is 12.0 Å². The lowest BCUT2D eigenvalue weighted by Gasteiger charge is -2.44. The lowest BCUT2D eigenvalue weighted by Crippen LogP contribution is -2.67. The monoisotopic (exact) mass is 458 g/mol. The van der Waals surface area contributed by atoms with E-state index in [1.54, 1.807) is 0 Å². The predicted molar refractivity (Wildman–Crippen MR) is 141 cm³/mol. The molecule has 4 rings (SSSR count). The Morgan fingerprint density at radius 3 is 1.85 bits per heavy atom. The zero-order valence-corrected chi connectivity index (χ0v) is 21.3. The Bertz CT molecular complexity index is 949. The molecule has 1 heterocycles. The second-order valence-electron chi connectivity index (χ2n) is 10.4. The first-order valence-corrected chi connectivity index (χ1v) is 14.1. The highest BCUT2D eigenvalue weighted by atomic mass is 28.4. The first kappa shape index (κ1) is 23.9. The van der Waals surface area contributed by atoms with Crippen molar-refractivity contribution in [2.24, 2.45) is 11.7 Å². The maximum Gasteiger partial charge on any atom is 0.261 e. The number of nitrogens with two attached hydrogens (primary N) is 1. The van der Waals surface area contributed by atoms with Crippen molar-refractivity contribution in [1.82, 2.24) is 4.90 Å². The molecule has 0 spiro atoms. The van der Waals surface area contributed by atoms with Crippen LogP contribution in [0.2, 0.25) is 5.04 Å². The normalized spacial score (nSPS) is 19.6. The van der Waals surface area contributed by atoms with Crippen molar-refractivity contribution in [3.8, 4) is 0 Å². The van der Waals surface area contributed by atoms with Crippen LogP contribution in [0.5, 0.6) is 0 Å². The summed E-state index contributed by atoms with van der Waals surface area (Å²) in [6.07, 6.45) is 1.10. The summed E-state index contributed by atoms with van der Waals surface area (Å²) >= 11 is 0. The van der Waals surface area contributed by atoms with Crippen LogP contribution in [0.15, 0.2) is 91.0 Å². The zero-order chi connectivity index (χ0) is 23.3. The molecular weight excluding hydrogens is 420 g/mol. The molecule has 0 radical (unpaired) electrons. The number of rotatable bonds is 8. The maximum absolute atomic E-state index is 7.27. The number of benzene rings is 3. The van der Waals surface area contributed by atoms with E-state index >= 15 is 0 Å². The van der Waals surface area contributed by atoms with Gasteiger partial charge in [0.25, 0.3) is 8.32 Å². The van der Waals surface area contributed by atoms with E-state index in [0.717, 1.165) is 32.7 Å². The molecule has 1 aliphatic heterocycles. The molecule has 3 aromatic rings. The summed E-state index contributed by atoms with van der Waals surface area (Å²) in [7, 11) is -2.53. The molecule has 0 aliphatic carbocycles. The smallest absolute Gasteiger partial charge is 0.261 e. The van der Waals surface area contributed by atoms with Crippen molar-refractivity contribution in [3.05, 3.63) is 96.6 Å². The molecule has 0 saturated carbocycles. The average Bonchev–Trinajstić information content (AvgIpc) is 3.22. The van der Waals surface area contributed by atoms with E-state index in [1.807, 2.05) is 0 Å². The van der Waals surface area contributed by atoms with E-state index in [2.05, 4.69) is 117 Å². The Hall–Kier alpha value is -2.24. The summed E-state index contributed by atoms with van der Waals surface area (Å²) in [4.78, 5) is 2.59. The Balaban J connectivity index is 1.66. The Kier molecular flexibility index (Phi) is 7.50. The summed E-state index contributed by atoms with van der Waals surface area (Å²) in [5.41, 5.74) is 7.48. The third-order valence-corrected chi connectivity index (χ3v) is 12.1. The minimum absolute atomic E-state index is 0.00810. The molecule has 0 bridgehead atoms. The molecule has 1 saturated heterocycles. The number of nitrogens with zero attached hydrogens (tertiary/aromatic N) is 1. The van der Waals surface area contributed by atoms with Crippen LogP contribution < -0.4 is 16.1 Å². The van der Waals surface area contributed by atoms with E-state index in [-0.39, 0.29) is 5.04 Å². The molecular formula is C29H38N2OSi. The van der Waals surface area contributed by atoms with Gasteiger partial charge in [0.15, 0.2) is 0 Å². The standard InChI is InChI=1S/C29H38N2OSi/c1-29(2,3)33(27-15-9-5-10-16-27,28-17-11-6-12-18-28)32-23-26-19-25(20-30)22-31(26)21-24-13-7-4-8-14-24/h4-18,25-26H,19-23,30H2,1-3H3. The lowest BCUT2D eigenvalue weighted by molar-refractivity contribution is 0.160. The Morgan fingerprint density at radius 2 is 1.36 bits per heavy atom. The van der Waals surface area contributed by atoms with Crippen molar-refractivity contribution < 1.29 is 4.43 Å². The van der Waals surface area contributed by atoms with Crippen LogP contribution in [0.1, 0.15) is 32.8 Å². The van der Waals surface area contributed by atoms with E-state index < -0.39 is 8.32 Å². The first-order valence-electron chi connectivity index (χ1n) is 12.2. The lowest BCUT2D eigenvalue weighted by atomic mass is 10.1. The van der Waals surface area contributed by atoms with Gasteiger partial charge in [0.05, 0.1) is 6.61 Å². The second-order valence-corrected chi connectivity index (χ2v) is 14.7. The van der Waals surface area contributed by atoms with E-state index in [1.165, 1.54) is 15.9 Å². The van der Waals surface area contributed by atoms with Gasteiger partial charge in [-0.25, -0.2) is 0 Å². The molecule has 0 aromatic heterocycles. The van der Waals surface area contributed by atoms with Crippen LogP contribution in [0.4, 0.5) is 0 Å². The molecule has 2 N–H and O–H groups in total. The van der Waals surface area contributed by atoms with Gasteiger partial charge in [-0.2, -0.15) is 0 Å². The highest BCUT2D eigenvalue weighted by Crippen LogP contribution is 2.37. The van der Waals surface area contributed by atoms with Gasteiger partial charge in [-0.1, -0.05) is 112 Å². The fourth-order valence-electron chi connectivity index (χ4n) is 5.43. The summed E-state index contributed by atoms with van der Waals surface area (Å²) < 4.78 is 7.27. The molecule has 2 unspecified atom stereocenters. The molecule has 33 heavy (non-hydrogen) atoms. The van der Waals surface area contributed by atoms with Crippen LogP contribution >= 0.6 is 0 Å². The highest BCUT2D eigenvalue weighted by molar-refractivity contribution is 6.99. The van der Waals surface area contributed by atoms with Crippen LogP contribution in [-0.2, 0) is 11.0 Å². The van der Waals surface area contributed by atoms with Gasteiger partial charge in [-0.15, -0.1) is 0 Å². The van der Waals surface area contributed by atoms with Crippen molar-refractivity contribution in [2.45, 2.75) is 44.8 Å². The van der Waals surface area contributed by atoms with Gasteiger partial charge in [0.2, 0.25) is 0 Å². The molecule has 1 fully saturated rings. The molecule has 2 atom stereocenters. The van der Waals surface area contributed by atoms with Crippen molar-refractivity contribution in [2.75, 3.05) is 19.7 Å². The SMILES string of the molecule is CC(C)(C)[Si](OCC1CC(CN)CN1Cc1ccccc1)(c1ccccc1)c1ccccc1. The van der Waals surface area contributed by atoms with Crippen LogP contribution in [0, 0.1) is 5.92 Å². The van der Waals surface area contributed by atoms with Crippen molar-refractivity contribution in [1.29, 1.82) is 0 Å². The van der Waals surface area contributed by atoms with Gasteiger partial charge in [0, 0.05) is 19.1 Å². The number of likely N-dealkylation sites (tertiary alicyclic amines) is 1. The van der Waals surface area contributed by atoms with Crippen LogP contribution in [0.3, 0.4) is 0 Å². The third kappa shape index (κ3) is 5.14. The van der Waals surface area contributed by atoms with E-state index in [4.69, 9.17) is 10.2 Å². The fourth-order valence-corrected chi connectivity index (χ4v) is 10.0. The molecule has 0 amide bonds. The largest absolute Gasteiger partial charge is 0.406 e. The van der Waals surface area contributed by atoms with Gasteiger partial charge in [-0.05, 0) is 39.9 Å². The highest BCUT2D eigenvalue weighted by Gasteiger charge is 2.50. The Labute approximate surface area is 200 Å². The fraction of sp³-hybridized carbons (Fsp3) is 0.379. The molecule has 1 aliphatic rings. The number of hydrogen-bond donors (Lipinski definition) is 1. The first-order chi connectivity index (χ1) is 15.9. The minimum atomic E-state index is -2.53. The second kappa shape index (κ2) is 10.4. The molecule has 174 valence electrons. The summed E-state index contributed by atoms with van der Waals surface area (Å²) in [6.45, 7) is 10.5. The van der Waals surface area contributed by atoms with Crippen LogP contribution in [0.25, 0.3) is 0 Å². The zero-order valence-electron chi connectivity index (χ0n) is 20.3. The summed E-state index contributed by atoms with van der Waals surface area (Å²) in [5.74, 6) is 0.529. The molecule has 4 heteroatoms. The molecule has 3 aromatic carbocycles. The van der Waals surface area contributed by atoms with E-state index in [9.17, 15) is 0 Å². The maximum atomic E-state index is 7.27. The van der Waals surface area contributed by atoms with Crippen molar-refractivity contribution in [3.63, 3.8) is 0 Å². The van der Waals surface area contributed by atoms with Gasteiger partial charge in [-0.3, -0.25) is 4.90 Å². The van der Waals surface area contributed by atoms with Crippen LogP contribution in [-0.4, -0.2) is 39.0 Å². The van der Waals surface area contributed by atoms with Gasteiger partial charge in [0.1, 0.15) is 0 Å². The quantitative estimate of drug-likeness (QED) is 0.508. The topological polar surface area (TPSA) is 38.5 Å². The molecule has 3 nitrogen and oxygen atoms in total. The predicted octanol–water partition coefficient (Wildman–Crippen LogP) is 4.41. The Morgan fingerprint density at radius 1 is 0.848 bits per heavy atom. The van der Waals surface area contributed by atoms with Gasteiger partial charge >= 0.3 is 0 Å². The summed E-state index contributed by atoms with van der Waals surface area (Å²) in [6, 6.07) is 33.0.